The summed E-state index contributed by atoms with van der Waals surface area (Å²) in [4.78, 5) is 9.13. The van der Waals surface area contributed by atoms with Gasteiger partial charge in [0.2, 0.25) is 5.82 Å². The first-order valence-corrected chi connectivity index (χ1v) is 6.89. The summed E-state index contributed by atoms with van der Waals surface area (Å²) in [5.41, 5.74) is 0. The minimum Gasteiger partial charge on any atom is -0.370 e. The molecule has 0 amide bonds. The molecule has 4 nitrogen and oxygen atoms in total. The number of nitrogens with one attached hydrogen (secondary N) is 1. The molecule has 112 valence electrons. The Morgan fingerprint density at radius 2 is 2.10 bits per heavy atom. The van der Waals surface area contributed by atoms with Crippen LogP contribution in [-0.2, 0) is 6.18 Å². The maximum absolute atomic E-state index is 12.8. The van der Waals surface area contributed by atoms with E-state index in [0.29, 0.717) is 18.3 Å². The molecule has 2 rings (SSSR count). The highest BCUT2D eigenvalue weighted by Gasteiger charge is 2.36. The summed E-state index contributed by atoms with van der Waals surface area (Å²) in [5, 5.41) is 2.83. The number of hydrogen-bond donors (Lipinski definition) is 1. The molecule has 1 aliphatic rings. The van der Waals surface area contributed by atoms with E-state index in [1.54, 1.807) is 6.07 Å². The van der Waals surface area contributed by atoms with E-state index in [1.807, 2.05) is 11.8 Å². The molecular weight excluding hydrogens is 269 g/mol. The van der Waals surface area contributed by atoms with Gasteiger partial charge >= 0.3 is 6.18 Å². The predicted molar refractivity (Wildman–Crippen MR) is 71.8 cm³/mol. The van der Waals surface area contributed by atoms with Gasteiger partial charge in [0.25, 0.3) is 0 Å². The first-order valence-electron chi connectivity index (χ1n) is 6.89. The maximum atomic E-state index is 12.8. The third-order valence-corrected chi connectivity index (χ3v) is 3.51. The fourth-order valence-corrected chi connectivity index (χ4v) is 2.37. The Balaban J connectivity index is 2.30. The van der Waals surface area contributed by atoms with Gasteiger partial charge in [-0.1, -0.05) is 13.3 Å². The largest absolute Gasteiger partial charge is 0.451 e. The minimum absolute atomic E-state index is 0.227. The minimum atomic E-state index is -4.52. The summed E-state index contributed by atoms with van der Waals surface area (Å²) in [6.45, 7) is 5.94. The van der Waals surface area contributed by atoms with Crippen LogP contribution in [0.3, 0.4) is 0 Å². The van der Waals surface area contributed by atoms with E-state index in [0.717, 1.165) is 25.9 Å². The Morgan fingerprint density at radius 3 is 2.65 bits per heavy atom. The summed E-state index contributed by atoms with van der Waals surface area (Å²) in [6.07, 6.45) is -2.49. The summed E-state index contributed by atoms with van der Waals surface area (Å²) in [5.74, 6) is 0.0387. The molecule has 7 heteroatoms. The van der Waals surface area contributed by atoms with E-state index >= 15 is 0 Å². The van der Waals surface area contributed by atoms with Crippen molar-refractivity contribution in [3.05, 3.63) is 11.9 Å². The Labute approximate surface area is 116 Å². The number of rotatable bonds is 4. The van der Waals surface area contributed by atoms with E-state index in [4.69, 9.17) is 0 Å². The average Bonchev–Trinajstić information content (AvgIpc) is 2.86. The summed E-state index contributed by atoms with van der Waals surface area (Å²) in [6, 6.07) is 1.59. The van der Waals surface area contributed by atoms with Gasteiger partial charge in [-0.15, -0.1) is 0 Å². The fourth-order valence-electron chi connectivity index (χ4n) is 2.37. The number of hydrogen-bond acceptors (Lipinski definition) is 4. The second-order valence-corrected chi connectivity index (χ2v) is 4.97. The number of halogens is 3. The smallest absolute Gasteiger partial charge is 0.370 e. The van der Waals surface area contributed by atoms with Gasteiger partial charge in [-0.3, -0.25) is 0 Å². The van der Waals surface area contributed by atoms with Crippen LogP contribution in [0.15, 0.2) is 6.07 Å². The standard InChI is InChI=1S/C13H19F3N4/c1-3-9-5-6-20(8-9)11-7-10(17-4-2)18-12(19-11)13(14,15)16/h7,9H,3-6,8H2,1-2H3,(H,17,18,19). The van der Waals surface area contributed by atoms with Crippen LogP contribution in [-0.4, -0.2) is 29.6 Å². The van der Waals surface area contributed by atoms with Crippen molar-refractivity contribution < 1.29 is 13.2 Å². The van der Waals surface area contributed by atoms with Gasteiger partial charge in [0.1, 0.15) is 11.6 Å². The molecule has 1 unspecified atom stereocenters. The van der Waals surface area contributed by atoms with Gasteiger partial charge in [-0.2, -0.15) is 13.2 Å². The molecule has 1 aromatic heterocycles. The van der Waals surface area contributed by atoms with Gasteiger partial charge in [0.05, 0.1) is 0 Å². The number of anilines is 2. The van der Waals surface area contributed by atoms with E-state index in [2.05, 4.69) is 22.2 Å². The molecule has 1 saturated heterocycles. The molecule has 0 radical (unpaired) electrons. The van der Waals surface area contributed by atoms with Crippen molar-refractivity contribution in [3.63, 3.8) is 0 Å². The molecule has 1 aliphatic heterocycles. The van der Waals surface area contributed by atoms with Gasteiger partial charge in [-0.05, 0) is 19.3 Å². The maximum Gasteiger partial charge on any atom is 0.451 e. The van der Waals surface area contributed by atoms with Gasteiger partial charge in [0.15, 0.2) is 0 Å². The van der Waals surface area contributed by atoms with Gasteiger partial charge < -0.3 is 10.2 Å². The van der Waals surface area contributed by atoms with Crippen LogP contribution in [0.2, 0.25) is 0 Å². The quantitative estimate of drug-likeness (QED) is 0.924. The predicted octanol–water partition coefficient (Wildman–Crippen LogP) is 3.16. The van der Waals surface area contributed by atoms with Gasteiger partial charge in [0, 0.05) is 25.7 Å². The fraction of sp³-hybridized carbons (Fsp3) is 0.692. The van der Waals surface area contributed by atoms with Crippen molar-refractivity contribution >= 4 is 11.6 Å². The highest BCUT2D eigenvalue weighted by atomic mass is 19.4. The van der Waals surface area contributed by atoms with Crippen molar-refractivity contribution in [2.45, 2.75) is 32.9 Å². The van der Waals surface area contributed by atoms with E-state index in [1.165, 1.54) is 0 Å². The molecule has 0 aliphatic carbocycles. The first kappa shape index (κ1) is 14.9. The summed E-state index contributed by atoms with van der Waals surface area (Å²) in [7, 11) is 0. The van der Waals surface area contributed by atoms with E-state index in [9.17, 15) is 13.2 Å². The Kier molecular flexibility index (Phi) is 4.35. The molecule has 1 fully saturated rings. The monoisotopic (exact) mass is 288 g/mol. The van der Waals surface area contributed by atoms with Crippen LogP contribution in [0.1, 0.15) is 32.5 Å². The second kappa shape index (κ2) is 5.85. The molecule has 0 saturated carbocycles. The topological polar surface area (TPSA) is 41.0 Å². The molecule has 1 N–H and O–H groups in total. The van der Waals surface area contributed by atoms with Crippen LogP contribution < -0.4 is 10.2 Å². The molecule has 2 heterocycles. The molecule has 1 aromatic rings. The lowest BCUT2D eigenvalue weighted by molar-refractivity contribution is -0.144. The lowest BCUT2D eigenvalue weighted by Crippen LogP contribution is -2.23. The van der Waals surface area contributed by atoms with E-state index in [-0.39, 0.29) is 5.82 Å². The first-order chi connectivity index (χ1) is 9.44. The molecule has 0 spiro atoms. The Hall–Kier alpha value is -1.53. The van der Waals surface area contributed by atoms with Gasteiger partial charge in [-0.25, -0.2) is 9.97 Å². The lowest BCUT2D eigenvalue weighted by atomic mass is 10.1. The highest BCUT2D eigenvalue weighted by molar-refractivity contribution is 5.50. The number of alkyl halides is 3. The van der Waals surface area contributed by atoms with Crippen LogP contribution in [0.5, 0.6) is 0 Å². The molecule has 0 aromatic carbocycles. The molecule has 0 bridgehead atoms. The van der Waals surface area contributed by atoms with Crippen LogP contribution >= 0.6 is 0 Å². The number of nitrogens with zero attached hydrogens (tertiary/aromatic N) is 3. The highest BCUT2D eigenvalue weighted by Crippen LogP contribution is 2.31. The van der Waals surface area contributed by atoms with Crippen molar-refractivity contribution in [1.29, 1.82) is 0 Å². The average molecular weight is 288 g/mol. The zero-order chi connectivity index (χ0) is 14.8. The Bertz CT molecular complexity index is 461. The third-order valence-electron chi connectivity index (χ3n) is 3.51. The molecule has 1 atom stereocenters. The van der Waals surface area contributed by atoms with Crippen LogP contribution in [0, 0.1) is 5.92 Å². The molecule has 20 heavy (non-hydrogen) atoms. The lowest BCUT2D eigenvalue weighted by Gasteiger charge is -2.19. The number of aromatic nitrogens is 2. The normalized spacial score (nSPS) is 19.4. The summed E-state index contributed by atoms with van der Waals surface area (Å²) < 4.78 is 38.5. The van der Waals surface area contributed by atoms with Crippen molar-refractivity contribution in [2.24, 2.45) is 5.92 Å². The Morgan fingerprint density at radius 1 is 1.35 bits per heavy atom. The van der Waals surface area contributed by atoms with Crippen LogP contribution in [0.4, 0.5) is 24.8 Å². The summed E-state index contributed by atoms with van der Waals surface area (Å²) >= 11 is 0. The second-order valence-electron chi connectivity index (χ2n) is 4.97. The van der Waals surface area contributed by atoms with Crippen LogP contribution in [0.25, 0.3) is 0 Å². The third kappa shape index (κ3) is 3.32. The van der Waals surface area contributed by atoms with E-state index < -0.39 is 12.0 Å². The van der Waals surface area contributed by atoms with Crippen molar-refractivity contribution in [3.8, 4) is 0 Å². The van der Waals surface area contributed by atoms with Crippen molar-refractivity contribution in [1.82, 2.24) is 9.97 Å². The zero-order valence-electron chi connectivity index (χ0n) is 11.7. The molecular formula is C13H19F3N4. The SMILES string of the molecule is CCNc1cc(N2CCC(CC)C2)nc(C(F)(F)F)n1. The van der Waals surface area contributed by atoms with Crippen molar-refractivity contribution in [2.75, 3.05) is 29.9 Å². The zero-order valence-corrected chi connectivity index (χ0v) is 11.7.